The second-order valence-corrected chi connectivity index (χ2v) is 6.63. The van der Waals surface area contributed by atoms with Crippen LogP contribution in [-0.2, 0) is 0 Å². The molecule has 0 bridgehead atoms. The van der Waals surface area contributed by atoms with E-state index in [1.807, 2.05) is 18.2 Å². The monoisotopic (exact) mass is 430 g/mol. The number of pyridine rings is 1. The third-order valence-corrected chi connectivity index (χ3v) is 4.42. The number of nitrogens with one attached hydrogen (secondary N) is 3. The molecule has 1 amide bonds. The lowest BCUT2D eigenvalue weighted by molar-refractivity contribution is 0.102. The van der Waals surface area contributed by atoms with Gasteiger partial charge >= 0.3 is 0 Å². The summed E-state index contributed by atoms with van der Waals surface area (Å²) in [5.41, 5.74) is 1.53. The number of ether oxygens (including phenoxy) is 1. The van der Waals surface area contributed by atoms with Gasteiger partial charge in [0.2, 0.25) is 0 Å². The first kappa shape index (κ1) is 20.7. The van der Waals surface area contributed by atoms with Crippen LogP contribution in [0.4, 0.5) is 33.2 Å². The highest BCUT2D eigenvalue weighted by atomic mass is 19.1. The van der Waals surface area contributed by atoms with Crippen molar-refractivity contribution in [2.45, 2.75) is 0 Å². The third-order valence-electron chi connectivity index (χ3n) is 4.42. The molecule has 160 valence electrons. The van der Waals surface area contributed by atoms with Crippen LogP contribution in [0.3, 0.4) is 0 Å². The van der Waals surface area contributed by atoms with Gasteiger partial charge in [-0.2, -0.15) is 0 Å². The number of hydrogen-bond acceptors (Lipinski definition) is 7. The Morgan fingerprint density at radius 3 is 2.28 bits per heavy atom. The van der Waals surface area contributed by atoms with Crippen LogP contribution in [0.2, 0.25) is 0 Å². The second kappa shape index (κ2) is 9.52. The van der Waals surface area contributed by atoms with Crippen molar-refractivity contribution in [2.24, 2.45) is 0 Å². The number of amides is 1. The van der Waals surface area contributed by atoms with E-state index in [2.05, 4.69) is 30.9 Å². The Balaban J connectivity index is 1.39. The summed E-state index contributed by atoms with van der Waals surface area (Å²) < 4.78 is 18.7. The summed E-state index contributed by atoms with van der Waals surface area (Å²) in [5, 5.41) is 9.01. The van der Waals surface area contributed by atoms with Crippen LogP contribution >= 0.6 is 0 Å². The highest BCUT2D eigenvalue weighted by molar-refractivity contribution is 6.04. The molecule has 4 rings (SSSR count). The summed E-state index contributed by atoms with van der Waals surface area (Å²) >= 11 is 0. The Kier molecular flexibility index (Phi) is 6.17. The van der Waals surface area contributed by atoms with Crippen molar-refractivity contribution in [2.75, 3.05) is 23.1 Å². The van der Waals surface area contributed by atoms with Gasteiger partial charge in [-0.3, -0.25) is 4.79 Å². The van der Waals surface area contributed by atoms with Gasteiger partial charge in [0.15, 0.2) is 11.6 Å². The first-order valence-electron chi connectivity index (χ1n) is 9.63. The van der Waals surface area contributed by atoms with E-state index in [4.69, 9.17) is 4.74 Å². The summed E-state index contributed by atoms with van der Waals surface area (Å²) in [6, 6.07) is 18.4. The fraction of sp³-hybridized carbons (Fsp3) is 0.0435. The second-order valence-electron chi connectivity index (χ2n) is 6.63. The van der Waals surface area contributed by atoms with Crippen molar-refractivity contribution in [3.63, 3.8) is 0 Å². The lowest BCUT2D eigenvalue weighted by Gasteiger charge is -2.10. The minimum Gasteiger partial charge on any atom is -0.494 e. The molecule has 4 aromatic rings. The van der Waals surface area contributed by atoms with E-state index in [-0.39, 0.29) is 11.3 Å². The van der Waals surface area contributed by atoms with E-state index in [0.29, 0.717) is 23.1 Å². The highest BCUT2D eigenvalue weighted by Gasteiger charge is 2.10. The standard InChI is InChI=1S/C23H19FN6O2/c1-32-19-10-5-15(12-18(19)24)23(31)29-17-8-6-16(7-9-17)28-21-13-22(27-14-26-21)30-20-4-2-3-11-25-20/h2-14H,1H3,(H,29,31)(H2,25,26,27,28,30). The fourth-order valence-corrected chi connectivity index (χ4v) is 2.86. The zero-order valence-corrected chi connectivity index (χ0v) is 17.0. The Morgan fingerprint density at radius 1 is 0.844 bits per heavy atom. The van der Waals surface area contributed by atoms with Gasteiger partial charge in [-0.05, 0) is 54.6 Å². The van der Waals surface area contributed by atoms with Crippen molar-refractivity contribution in [3.8, 4) is 5.75 Å². The van der Waals surface area contributed by atoms with Gasteiger partial charge in [0, 0.05) is 29.2 Å². The van der Waals surface area contributed by atoms with Gasteiger partial charge in [0.1, 0.15) is 23.8 Å². The van der Waals surface area contributed by atoms with Crippen LogP contribution in [0.25, 0.3) is 0 Å². The number of rotatable bonds is 7. The number of methoxy groups -OCH3 is 1. The number of aromatic nitrogens is 3. The maximum Gasteiger partial charge on any atom is 0.255 e. The number of carbonyl (C=O) groups excluding carboxylic acids is 1. The molecule has 2 aromatic heterocycles. The molecule has 0 radical (unpaired) electrons. The molecule has 0 unspecified atom stereocenters. The maximum absolute atomic E-state index is 13.8. The van der Waals surface area contributed by atoms with Gasteiger partial charge in [-0.15, -0.1) is 0 Å². The predicted molar refractivity (Wildman–Crippen MR) is 120 cm³/mol. The predicted octanol–water partition coefficient (Wildman–Crippen LogP) is 4.76. The Morgan fingerprint density at radius 2 is 1.59 bits per heavy atom. The number of nitrogens with zero attached hydrogens (tertiary/aromatic N) is 3. The van der Waals surface area contributed by atoms with E-state index in [9.17, 15) is 9.18 Å². The van der Waals surface area contributed by atoms with Crippen LogP contribution in [0, 0.1) is 5.82 Å². The molecule has 2 heterocycles. The SMILES string of the molecule is COc1ccc(C(=O)Nc2ccc(Nc3cc(Nc4ccccn4)ncn3)cc2)cc1F. The molecule has 0 saturated carbocycles. The van der Waals surface area contributed by atoms with Crippen LogP contribution in [0.5, 0.6) is 5.75 Å². The topological polar surface area (TPSA) is 101 Å². The smallest absolute Gasteiger partial charge is 0.255 e. The molecule has 0 aliphatic rings. The van der Waals surface area contributed by atoms with Crippen molar-refractivity contribution in [3.05, 3.63) is 90.6 Å². The number of anilines is 5. The third kappa shape index (κ3) is 5.14. The number of hydrogen-bond donors (Lipinski definition) is 3. The lowest BCUT2D eigenvalue weighted by atomic mass is 10.2. The molecule has 0 spiro atoms. The van der Waals surface area contributed by atoms with E-state index in [1.54, 1.807) is 36.5 Å². The van der Waals surface area contributed by atoms with Gasteiger partial charge in [-0.25, -0.2) is 19.3 Å². The Bertz CT molecular complexity index is 1220. The number of halogens is 1. The highest BCUT2D eigenvalue weighted by Crippen LogP contribution is 2.22. The van der Waals surface area contributed by atoms with Gasteiger partial charge in [0.05, 0.1) is 7.11 Å². The average Bonchev–Trinajstić information content (AvgIpc) is 2.81. The van der Waals surface area contributed by atoms with Crippen LogP contribution < -0.4 is 20.7 Å². The van der Waals surface area contributed by atoms with Gasteiger partial charge in [0.25, 0.3) is 5.91 Å². The van der Waals surface area contributed by atoms with Crippen molar-refractivity contribution in [1.29, 1.82) is 0 Å². The molecule has 0 atom stereocenters. The summed E-state index contributed by atoms with van der Waals surface area (Å²) in [4.78, 5) is 25.0. The molecule has 8 nitrogen and oxygen atoms in total. The molecule has 0 aliphatic heterocycles. The van der Waals surface area contributed by atoms with E-state index in [0.717, 1.165) is 11.8 Å². The number of benzene rings is 2. The maximum atomic E-state index is 13.8. The minimum absolute atomic E-state index is 0.0834. The van der Waals surface area contributed by atoms with Crippen molar-refractivity contribution < 1.29 is 13.9 Å². The zero-order valence-electron chi connectivity index (χ0n) is 17.0. The van der Waals surface area contributed by atoms with E-state index >= 15 is 0 Å². The molecule has 9 heteroatoms. The average molecular weight is 430 g/mol. The molecule has 0 aliphatic carbocycles. The molecule has 0 fully saturated rings. The first-order valence-corrected chi connectivity index (χ1v) is 9.63. The van der Waals surface area contributed by atoms with Crippen molar-refractivity contribution >= 4 is 34.7 Å². The molecule has 0 saturated heterocycles. The van der Waals surface area contributed by atoms with E-state index in [1.165, 1.54) is 25.6 Å². The van der Waals surface area contributed by atoms with Crippen LogP contribution in [-0.4, -0.2) is 28.0 Å². The summed E-state index contributed by atoms with van der Waals surface area (Å²) in [5.74, 6) is 0.921. The minimum atomic E-state index is -0.596. The van der Waals surface area contributed by atoms with Crippen molar-refractivity contribution in [1.82, 2.24) is 15.0 Å². The first-order chi connectivity index (χ1) is 15.6. The quantitative estimate of drug-likeness (QED) is 0.389. The Labute approximate surface area is 183 Å². The summed E-state index contributed by atoms with van der Waals surface area (Å²) in [7, 11) is 1.37. The molecular formula is C23H19FN6O2. The number of carbonyl (C=O) groups is 1. The molecule has 32 heavy (non-hydrogen) atoms. The van der Waals surface area contributed by atoms with Gasteiger partial charge in [-0.1, -0.05) is 6.07 Å². The molecule has 2 aromatic carbocycles. The van der Waals surface area contributed by atoms with Crippen LogP contribution in [0.15, 0.2) is 79.3 Å². The molecular weight excluding hydrogens is 411 g/mol. The zero-order chi connectivity index (χ0) is 22.3. The van der Waals surface area contributed by atoms with Gasteiger partial charge < -0.3 is 20.7 Å². The van der Waals surface area contributed by atoms with E-state index < -0.39 is 11.7 Å². The molecule has 3 N–H and O–H groups in total. The lowest BCUT2D eigenvalue weighted by Crippen LogP contribution is -2.12. The summed E-state index contributed by atoms with van der Waals surface area (Å²) in [6.45, 7) is 0. The van der Waals surface area contributed by atoms with Crippen LogP contribution in [0.1, 0.15) is 10.4 Å². The largest absolute Gasteiger partial charge is 0.494 e. The summed E-state index contributed by atoms with van der Waals surface area (Å²) in [6.07, 6.45) is 3.13. The Hall–Kier alpha value is -4.53. The normalized spacial score (nSPS) is 10.3. The fourth-order valence-electron chi connectivity index (χ4n) is 2.86.